The van der Waals surface area contributed by atoms with Gasteiger partial charge in [0.2, 0.25) is 0 Å². The van der Waals surface area contributed by atoms with E-state index in [0.29, 0.717) is 10.9 Å². The molecular formula is C10H12ClNO2S. The number of aromatic nitrogens is 1. The van der Waals surface area contributed by atoms with E-state index in [1.165, 1.54) is 24.0 Å². The van der Waals surface area contributed by atoms with Gasteiger partial charge in [-0.25, -0.2) is 9.78 Å². The van der Waals surface area contributed by atoms with Crippen molar-refractivity contribution in [2.24, 2.45) is 5.92 Å². The average molecular weight is 246 g/mol. The van der Waals surface area contributed by atoms with Crippen LogP contribution >= 0.6 is 23.4 Å². The number of carboxylic acids is 1. The van der Waals surface area contributed by atoms with Gasteiger partial charge in [-0.2, -0.15) is 0 Å². The lowest BCUT2D eigenvalue weighted by Gasteiger charge is -2.05. The quantitative estimate of drug-likeness (QED) is 0.828. The van der Waals surface area contributed by atoms with Crippen LogP contribution in [-0.2, 0) is 0 Å². The molecule has 0 aliphatic carbocycles. The summed E-state index contributed by atoms with van der Waals surface area (Å²) >= 11 is 7.24. The molecule has 0 radical (unpaired) electrons. The first kappa shape index (κ1) is 12.3. The highest BCUT2D eigenvalue weighted by Crippen LogP contribution is 2.23. The second-order valence-corrected chi connectivity index (χ2v) is 4.96. The van der Waals surface area contributed by atoms with Crippen molar-refractivity contribution in [2.45, 2.75) is 18.9 Å². The Morgan fingerprint density at radius 3 is 2.87 bits per heavy atom. The number of aromatic carboxylic acids is 1. The standard InChI is InChI=1S/C10H12ClNO2S/c1-6(2)5-15-9-3-7(10(13)14)8(11)4-12-9/h3-4,6H,5H2,1-2H3,(H,13,14). The van der Waals surface area contributed by atoms with Crippen molar-refractivity contribution < 1.29 is 9.90 Å². The molecule has 0 saturated carbocycles. The van der Waals surface area contributed by atoms with Gasteiger partial charge in [0.15, 0.2) is 0 Å². The topological polar surface area (TPSA) is 50.2 Å². The maximum atomic E-state index is 10.8. The van der Waals surface area contributed by atoms with Crippen LogP contribution in [0.4, 0.5) is 0 Å². The van der Waals surface area contributed by atoms with Gasteiger partial charge in [-0.3, -0.25) is 0 Å². The highest BCUT2D eigenvalue weighted by atomic mass is 35.5. The molecule has 1 N–H and O–H groups in total. The van der Waals surface area contributed by atoms with Crippen LogP contribution in [0, 0.1) is 5.92 Å². The minimum atomic E-state index is -1.02. The molecule has 0 aromatic carbocycles. The Hall–Kier alpha value is -0.740. The highest BCUT2D eigenvalue weighted by Gasteiger charge is 2.10. The first-order valence-electron chi connectivity index (χ1n) is 4.52. The van der Waals surface area contributed by atoms with Crippen LogP contribution < -0.4 is 0 Å². The predicted octanol–water partition coefficient (Wildman–Crippen LogP) is 3.18. The van der Waals surface area contributed by atoms with Crippen molar-refractivity contribution in [3.8, 4) is 0 Å². The maximum absolute atomic E-state index is 10.8. The van der Waals surface area contributed by atoms with Crippen LogP contribution in [0.15, 0.2) is 17.3 Å². The lowest BCUT2D eigenvalue weighted by molar-refractivity contribution is 0.0696. The Morgan fingerprint density at radius 1 is 1.67 bits per heavy atom. The van der Waals surface area contributed by atoms with Gasteiger partial charge in [0.25, 0.3) is 0 Å². The number of carbonyl (C=O) groups is 1. The monoisotopic (exact) mass is 245 g/mol. The first-order chi connectivity index (χ1) is 7.00. The Kier molecular flexibility index (Phi) is 4.42. The van der Waals surface area contributed by atoms with Crippen LogP contribution in [0.5, 0.6) is 0 Å². The third-order valence-electron chi connectivity index (χ3n) is 1.63. The van der Waals surface area contributed by atoms with Crippen LogP contribution in [-0.4, -0.2) is 21.8 Å². The Balaban J connectivity index is 2.83. The van der Waals surface area contributed by atoms with Crippen LogP contribution in [0.2, 0.25) is 5.02 Å². The van der Waals surface area contributed by atoms with E-state index in [1.807, 2.05) is 0 Å². The van der Waals surface area contributed by atoms with E-state index >= 15 is 0 Å². The van der Waals surface area contributed by atoms with Crippen LogP contribution in [0.25, 0.3) is 0 Å². The molecule has 15 heavy (non-hydrogen) atoms. The lowest BCUT2D eigenvalue weighted by atomic mass is 10.3. The fraction of sp³-hybridized carbons (Fsp3) is 0.400. The lowest BCUT2D eigenvalue weighted by Crippen LogP contribution is -1.99. The number of halogens is 1. The molecule has 0 unspecified atom stereocenters. The van der Waals surface area contributed by atoms with E-state index in [4.69, 9.17) is 16.7 Å². The fourth-order valence-electron chi connectivity index (χ4n) is 0.914. The summed E-state index contributed by atoms with van der Waals surface area (Å²) in [5, 5.41) is 9.72. The second-order valence-electron chi connectivity index (χ2n) is 3.51. The largest absolute Gasteiger partial charge is 0.478 e. The molecule has 82 valence electrons. The smallest absolute Gasteiger partial charge is 0.337 e. The van der Waals surface area contributed by atoms with Gasteiger partial charge in [0, 0.05) is 11.9 Å². The molecule has 0 aliphatic rings. The Morgan fingerprint density at radius 2 is 2.33 bits per heavy atom. The third kappa shape index (κ3) is 3.72. The number of hydrogen-bond acceptors (Lipinski definition) is 3. The van der Waals surface area contributed by atoms with Crippen molar-refractivity contribution in [1.82, 2.24) is 4.98 Å². The van der Waals surface area contributed by atoms with E-state index < -0.39 is 5.97 Å². The van der Waals surface area contributed by atoms with Gasteiger partial charge in [-0.15, -0.1) is 11.8 Å². The molecule has 1 aromatic heterocycles. The zero-order valence-corrected chi connectivity index (χ0v) is 10.1. The molecule has 0 spiro atoms. The summed E-state index contributed by atoms with van der Waals surface area (Å²) in [6.07, 6.45) is 1.38. The van der Waals surface area contributed by atoms with Crippen LogP contribution in [0.1, 0.15) is 24.2 Å². The van der Waals surface area contributed by atoms with Gasteiger partial charge in [0.05, 0.1) is 15.6 Å². The highest BCUT2D eigenvalue weighted by molar-refractivity contribution is 7.99. The van der Waals surface area contributed by atoms with Crippen molar-refractivity contribution in [3.63, 3.8) is 0 Å². The Labute approximate surface area is 97.9 Å². The van der Waals surface area contributed by atoms with Crippen molar-refractivity contribution in [3.05, 3.63) is 22.8 Å². The molecule has 0 fully saturated rings. The molecule has 1 rings (SSSR count). The Bertz CT molecular complexity index is 368. The summed E-state index contributed by atoms with van der Waals surface area (Å²) in [6.45, 7) is 4.20. The van der Waals surface area contributed by atoms with Gasteiger partial charge in [0.1, 0.15) is 0 Å². The molecule has 0 atom stereocenters. The molecule has 0 saturated heterocycles. The SMILES string of the molecule is CC(C)CSc1cc(C(=O)O)c(Cl)cn1. The molecule has 0 aliphatic heterocycles. The van der Waals surface area contributed by atoms with Gasteiger partial charge in [-0.1, -0.05) is 25.4 Å². The molecule has 5 heteroatoms. The van der Waals surface area contributed by atoms with Crippen molar-refractivity contribution >= 4 is 29.3 Å². The van der Waals surface area contributed by atoms with E-state index in [2.05, 4.69) is 18.8 Å². The van der Waals surface area contributed by atoms with Gasteiger partial charge in [-0.05, 0) is 12.0 Å². The predicted molar refractivity (Wildman–Crippen MR) is 61.8 cm³/mol. The minimum absolute atomic E-state index is 0.109. The van der Waals surface area contributed by atoms with Gasteiger partial charge >= 0.3 is 5.97 Å². The zero-order chi connectivity index (χ0) is 11.4. The van der Waals surface area contributed by atoms with Crippen molar-refractivity contribution in [2.75, 3.05) is 5.75 Å². The fourth-order valence-corrected chi connectivity index (χ4v) is 1.93. The summed E-state index contributed by atoms with van der Waals surface area (Å²) in [4.78, 5) is 14.9. The molecule has 1 heterocycles. The number of thioether (sulfide) groups is 1. The summed E-state index contributed by atoms with van der Waals surface area (Å²) in [5.41, 5.74) is 0.109. The summed E-state index contributed by atoms with van der Waals surface area (Å²) in [7, 11) is 0. The van der Waals surface area contributed by atoms with Gasteiger partial charge < -0.3 is 5.11 Å². The minimum Gasteiger partial charge on any atom is -0.478 e. The third-order valence-corrected chi connectivity index (χ3v) is 3.28. The molecule has 0 bridgehead atoms. The second kappa shape index (κ2) is 5.37. The van der Waals surface area contributed by atoms with Crippen molar-refractivity contribution in [1.29, 1.82) is 0 Å². The number of carboxylic acid groups (broad SMARTS) is 1. The summed E-state index contributed by atoms with van der Waals surface area (Å²) in [6, 6.07) is 1.51. The first-order valence-corrected chi connectivity index (χ1v) is 5.88. The molecule has 1 aromatic rings. The summed E-state index contributed by atoms with van der Waals surface area (Å²) in [5.74, 6) is 0.433. The average Bonchev–Trinajstić information content (AvgIpc) is 2.16. The van der Waals surface area contributed by atoms with Crippen LogP contribution in [0.3, 0.4) is 0 Å². The maximum Gasteiger partial charge on any atom is 0.337 e. The zero-order valence-electron chi connectivity index (χ0n) is 8.53. The number of hydrogen-bond donors (Lipinski definition) is 1. The van der Waals surface area contributed by atoms with E-state index in [0.717, 1.165) is 5.75 Å². The molecule has 3 nitrogen and oxygen atoms in total. The van der Waals surface area contributed by atoms with E-state index in [1.54, 1.807) is 0 Å². The van der Waals surface area contributed by atoms with E-state index in [9.17, 15) is 4.79 Å². The molecular weight excluding hydrogens is 234 g/mol. The number of nitrogens with zero attached hydrogens (tertiary/aromatic N) is 1. The molecule has 0 amide bonds. The number of pyridine rings is 1. The summed E-state index contributed by atoms with van der Waals surface area (Å²) < 4.78 is 0. The van der Waals surface area contributed by atoms with E-state index in [-0.39, 0.29) is 10.6 Å². The number of rotatable bonds is 4. The normalized spacial score (nSPS) is 10.7.